The molecule has 0 aliphatic heterocycles. The van der Waals surface area contributed by atoms with Crippen molar-refractivity contribution >= 4 is 39.1 Å². The lowest BCUT2D eigenvalue weighted by molar-refractivity contribution is 0.195. The predicted molar refractivity (Wildman–Crippen MR) is 125 cm³/mol. The molecule has 0 spiro atoms. The molecule has 0 amide bonds. The SMILES string of the molecule is CCOc1cc(C=NN=C(N)SCc2ccccc2)cc(Br)c1OC1CCCC1. The zero-order valence-corrected chi connectivity index (χ0v) is 18.9. The molecule has 1 aliphatic carbocycles. The van der Waals surface area contributed by atoms with Crippen LogP contribution in [0.2, 0.25) is 0 Å². The minimum Gasteiger partial charge on any atom is -0.490 e. The summed E-state index contributed by atoms with van der Waals surface area (Å²) in [4.78, 5) is 0. The lowest BCUT2D eigenvalue weighted by atomic mass is 10.2. The standard InChI is InChI=1S/C22H26BrN3O2S/c1-2-27-20-13-17(12-19(23)21(20)28-18-10-6-7-11-18)14-25-26-22(24)29-15-16-8-4-3-5-9-16/h3-5,8-9,12-14,18H,2,6-7,10-11,15H2,1H3,(H2,24,26). The third kappa shape index (κ3) is 6.78. The van der Waals surface area contributed by atoms with Crippen LogP contribution in [0.25, 0.3) is 0 Å². The number of benzene rings is 2. The van der Waals surface area contributed by atoms with E-state index < -0.39 is 0 Å². The van der Waals surface area contributed by atoms with Crippen molar-refractivity contribution in [2.75, 3.05) is 6.61 Å². The first kappa shape index (κ1) is 21.7. The fourth-order valence-corrected chi connectivity index (χ4v) is 4.29. The summed E-state index contributed by atoms with van der Waals surface area (Å²) in [6.07, 6.45) is 6.56. The Labute approximate surface area is 184 Å². The van der Waals surface area contributed by atoms with Gasteiger partial charge in [-0.05, 0) is 71.8 Å². The molecule has 1 fully saturated rings. The van der Waals surface area contributed by atoms with E-state index in [1.807, 2.05) is 37.3 Å². The normalized spacial score (nSPS) is 15.2. The predicted octanol–water partition coefficient (Wildman–Crippen LogP) is 5.75. The van der Waals surface area contributed by atoms with Crippen LogP contribution < -0.4 is 15.2 Å². The van der Waals surface area contributed by atoms with E-state index in [9.17, 15) is 0 Å². The van der Waals surface area contributed by atoms with E-state index in [0.29, 0.717) is 17.5 Å². The minimum absolute atomic E-state index is 0.260. The van der Waals surface area contributed by atoms with Crippen molar-refractivity contribution in [3.8, 4) is 11.5 Å². The summed E-state index contributed by atoms with van der Waals surface area (Å²) in [6.45, 7) is 2.53. The van der Waals surface area contributed by atoms with Crippen LogP contribution in [0.5, 0.6) is 11.5 Å². The number of thioether (sulfide) groups is 1. The van der Waals surface area contributed by atoms with E-state index in [1.54, 1.807) is 6.21 Å². The quantitative estimate of drug-likeness (QED) is 0.299. The molecule has 7 heteroatoms. The highest BCUT2D eigenvalue weighted by Crippen LogP contribution is 2.39. The summed E-state index contributed by atoms with van der Waals surface area (Å²) >= 11 is 5.07. The molecule has 29 heavy (non-hydrogen) atoms. The van der Waals surface area contributed by atoms with Crippen molar-refractivity contribution in [2.24, 2.45) is 15.9 Å². The molecular weight excluding hydrogens is 450 g/mol. The van der Waals surface area contributed by atoms with Gasteiger partial charge in [-0.1, -0.05) is 42.1 Å². The Morgan fingerprint density at radius 3 is 2.72 bits per heavy atom. The Bertz CT molecular complexity index is 853. The summed E-state index contributed by atoms with van der Waals surface area (Å²) in [5.74, 6) is 2.24. The fourth-order valence-electron chi connectivity index (χ4n) is 3.13. The summed E-state index contributed by atoms with van der Waals surface area (Å²) < 4.78 is 12.9. The molecule has 0 bridgehead atoms. The van der Waals surface area contributed by atoms with Gasteiger partial charge < -0.3 is 15.2 Å². The van der Waals surface area contributed by atoms with Gasteiger partial charge in [-0.2, -0.15) is 5.10 Å². The van der Waals surface area contributed by atoms with Gasteiger partial charge >= 0.3 is 0 Å². The molecule has 0 heterocycles. The van der Waals surface area contributed by atoms with Crippen LogP contribution in [0, 0.1) is 0 Å². The molecule has 2 aromatic carbocycles. The highest BCUT2D eigenvalue weighted by Gasteiger charge is 2.20. The molecule has 154 valence electrons. The number of hydrogen-bond donors (Lipinski definition) is 1. The van der Waals surface area contributed by atoms with Gasteiger partial charge in [-0.25, -0.2) is 0 Å². The third-order valence-electron chi connectivity index (χ3n) is 4.51. The lowest BCUT2D eigenvalue weighted by Crippen LogP contribution is -2.12. The van der Waals surface area contributed by atoms with Crippen LogP contribution in [0.4, 0.5) is 0 Å². The van der Waals surface area contributed by atoms with Gasteiger partial charge in [-0.3, -0.25) is 0 Å². The van der Waals surface area contributed by atoms with Crippen LogP contribution in [0.15, 0.2) is 57.1 Å². The summed E-state index contributed by atoms with van der Waals surface area (Å²) in [7, 11) is 0. The molecular formula is C22H26BrN3O2S. The first-order valence-electron chi connectivity index (χ1n) is 9.82. The lowest BCUT2D eigenvalue weighted by Gasteiger charge is -2.18. The second-order valence-electron chi connectivity index (χ2n) is 6.74. The van der Waals surface area contributed by atoms with Crippen molar-refractivity contribution < 1.29 is 9.47 Å². The van der Waals surface area contributed by atoms with Gasteiger partial charge in [0.1, 0.15) is 0 Å². The first-order chi connectivity index (χ1) is 14.2. The van der Waals surface area contributed by atoms with Crippen molar-refractivity contribution in [3.63, 3.8) is 0 Å². The molecule has 0 saturated heterocycles. The van der Waals surface area contributed by atoms with E-state index in [0.717, 1.165) is 34.4 Å². The van der Waals surface area contributed by atoms with Crippen molar-refractivity contribution in [1.29, 1.82) is 0 Å². The van der Waals surface area contributed by atoms with Crippen LogP contribution in [-0.2, 0) is 5.75 Å². The van der Waals surface area contributed by atoms with Crippen molar-refractivity contribution in [3.05, 3.63) is 58.1 Å². The van der Waals surface area contributed by atoms with Gasteiger partial charge in [0.25, 0.3) is 0 Å². The summed E-state index contributed by atoms with van der Waals surface area (Å²) in [5.41, 5.74) is 8.02. The maximum Gasteiger partial charge on any atom is 0.180 e. The number of amidine groups is 1. The van der Waals surface area contributed by atoms with Gasteiger partial charge in [0.2, 0.25) is 0 Å². The van der Waals surface area contributed by atoms with Gasteiger partial charge in [0.05, 0.1) is 23.4 Å². The summed E-state index contributed by atoms with van der Waals surface area (Å²) in [6, 6.07) is 14.0. The molecule has 3 rings (SSSR count). The molecule has 1 saturated carbocycles. The Hall–Kier alpha value is -1.99. The highest BCUT2D eigenvalue weighted by molar-refractivity contribution is 9.10. The maximum absolute atomic E-state index is 6.19. The molecule has 2 aromatic rings. The van der Waals surface area contributed by atoms with Gasteiger partial charge in [0, 0.05) is 5.75 Å². The number of halogens is 1. The third-order valence-corrected chi connectivity index (χ3v) is 5.96. The van der Waals surface area contributed by atoms with E-state index >= 15 is 0 Å². The zero-order valence-electron chi connectivity index (χ0n) is 16.5. The zero-order chi connectivity index (χ0) is 20.5. The molecule has 1 aliphatic rings. The molecule has 0 unspecified atom stereocenters. The molecule has 0 atom stereocenters. The second kappa shape index (κ2) is 11.3. The summed E-state index contributed by atoms with van der Waals surface area (Å²) in [5, 5.41) is 8.64. The minimum atomic E-state index is 0.260. The molecule has 0 radical (unpaired) electrons. The topological polar surface area (TPSA) is 69.2 Å². The van der Waals surface area contributed by atoms with E-state index in [2.05, 4.69) is 38.3 Å². The Balaban J connectivity index is 1.65. The fraction of sp³-hybridized carbons (Fsp3) is 0.364. The molecule has 0 aromatic heterocycles. The largest absolute Gasteiger partial charge is 0.490 e. The van der Waals surface area contributed by atoms with Gasteiger partial charge in [-0.15, -0.1) is 5.10 Å². The average molecular weight is 476 g/mol. The number of hydrogen-bond acceptors (Lipinski definition) is 5. The van der Waals surface area contributed by atoms with E-state index in [-0.39, 0.29) is 6.10 Å². The van der Waals surface area contributed by atoms with E-state index in [1.165, 1.54) is 30.2 Å². The Kier molecular flexibility index (Phi) is 8.43. The molecule has 2 N–H and O–H groups in total. The van der Waals surface area contributed by atoms with Crippen molar-refractivity contribution in [2.45, 2.75) is 44.5 Å². The Morgan fingerprint density at radius 1 is 1.24 bits per heavy atom. The van der Waals surface area contributed by atoms with Crippen LogP contribution in [0.1, 0.15) is 43.7 Å². The van der Waals surface area contributed by atoms with Gasteiger partial charge in [0.15, 0.2) is 16.7 Å². The van der Waals surface area contributed by atoms with Crippen molar-refractivity contribution in [1.82, 2.24) is 0 Å². The first-order valence-corrected chi connectivity index (χ1v) is 11.6. The average Bonchev–Trinajstić information content (AvgIpc) is 3.23. The highest BCUT2D eigenvalue weighted by atomic mass is 79.9. The monoisotopic (exact) mass is 475 g/mol. The number of nitrogens with zero attached hydrogens (tertiary/aromatic N) is 2. The smallest absolute Gasteiger partial charge is 0.180 e. The van der Waals surface area contributed by atoms with Crippen LogP contribution in [-0.4, -0.2) is 24.1 Å². The Morgan fingerprint density at radius 2 is 2.00 bits per heavy atom. The number of ether oxygens (including phenoxy) is 2. The van der Waals surface area contributed by atoms with E-state index in [4.69, 9.17) is 15.2 Å². The molecule has 5 nitrogen and oxygen atoms in total. The van der Waals surface area contributed by atoms with Crippen LogP contribution >= 0.6 is 27.7 Å². The maximum atomic E-state index is 6.19. The second-order valence-corrected chi connectivity index (χ2v) is 8.59. The number of nitrogens with two attached hydrogens (primary N) is 1. The van der Waals surface area contributed by atoms with Crippen LogP contribution in [0.3, 0.4) is 0 Å². The number of rotatable bonds is 8.